The molecule has 1 fully saturated rings. The normalized spacial score (nSPS) is 18.0. The van der Waals surface area contributed by atoms with Gasteiger partial charge in [0.1, 0.15) is 0 Å². The van der Waals surface area contributed by atoms with Gasteiger partial charge in [-0.3, -0.25) is 9.59 Å². The number of anilines is 2. The number of nitrogens with one attached hydrogen (secondary N) is 1. The number of hydrogen-bond donors (Lipinski definition) is 2. The van der Waals surface area contributed by atoms with Gasteiger partial charge in [-0.05, 0) is 35.9 Å². The van der Waals surface area contributed by atoms with Crippen LogP contribution in [0.5, 0.6) is 11.5 Å². The highest BCUT2D eigenvalue weighted by Crippen LogP contribution is 2.33. The number of hydrogen-bond acceptors (Lipinski definition) is 5. The third kappa shape index (κ3) is 3.64. The van der Waals surface area contributed by atoms with Crippen molar-refractivity contribution in [1.82, 2.24) is 4.90 Å². The Bertz CT molecular complexity index is 918. The zero-order valence-electron chi connectivity index (χ0n) is 14.4. The molecule has 2 heterocycles. The summed E-state index contributed by atoms with van der Waals surface area (Å²) < 4.78 is 10.7. The second-order valence-corrected chi connectivity index (χ2v) is 7.00. The van der Waals surface area contributed by atoms with E-state index in [2.05, 4.69) is 5.32 Å². The zero-order chi connectivity index (χ0) is 19.0. The molecule has 2 aliphatic rings. The summed E-state index contributed by atoms with van der Waals surface area (Å²) >= 11 is 6.10. The van der Waals surface area contributed by atoms with Crippen LogP contribution in [0.25, 0.3) is 0 Å². The van der Waals surface area contributed by atoms with E-state index < -0.39 is 5.92 Å². The van der Waals surface area contributed by atoms with Gasteiger partial charge < -0.3 is 25.4 Å². The molecule has 0 spiro atoms. The quantitative estimate of drug-likeness (QED) is 0.786. The summed E-state index contributed by atoms with van der Waals surface area (Å²) in [6, 6.07) is 10.5. The van der Waals surface area contributed by atoms with Gasteiger partial charge in [0.25, 0.3) is 0 Å². The Hall–Kier alpha value is -2.93. The van der Waals surface area contributed by atoms with Crippen LogP contribution in [-0.4, -0.2) is 30.1 Å². The Balaban J connectivity index is 1.40. The van der Waals surface area contributed by atoms with Crippen molar-refractivity contribution in [2.75, 3.05) is 24.4 Å². The summed E-state index contributed by atoms with van der Waals surface area (Å²) in [6.07, 6.45) is 0.170. The predicted octanol–water partition coefficient (Wildman–Crippen LogP) is 2.64. The van der Waals surface area contributed by atoms with Gasteiger partial charge in [-0.15, -0.1) is 0 Å². The van der Waals surface area contributed by atoms with Crippen LogP contribution in [0, 0.1) is 5.92 Å². The van der Waals surface area contributed by atoms with E-state index >= 15 is 0 Å². The molecule has 0 aliphatic carbocycles. The molecule has 1 unspecified atom stereocenters. The van der Waals surface area contributed by atoms with E-state index in [0.29, 0.717) is 41.0 Å². The topological polar surface area (TPSA) is 93.9 Å². The first-order chi connectivity index (χ1) is 13.0. The molecule has 2 amide bonds. The summed E-state index contributed by atoms with van der Waals surface area (Å²) in [4.78, 5) is 26.5. The van der Waals surface area contributed by atoms with Crippen molar-refractivity contribution in [2.24, 2.45) is 5.92 Å². The van der Waals surface area contributed by atoms with Crippen molar-refractivity contribution >= 4 is 34.8 Å². The average Bonchev–Trinajstić information content (AvgIpc) is 3.24. The summed E-state index contributed by atoms with van der Waals surface area (Å²) in [6.45, 7) is 0.977. The standard InChI is InChI=1S/C19H18ClN3O4/c20-14-7-13(21)2-3-15(14)22-19(25)12-6-18(24)23(9-12)8-11-1-4-16-17(5-11)27-10-26-16/h1-5,7,12H,6,8-10,21H2,(H,22,25). The maximum absolute atomic E-state index is 12.5. The number of nitrogen functional groups attached to an aromatic ring is 1. The van der Waals surface area contributed by atoms with Crippen LogP contribution in [0.15, 0.2) is 36.4 Å². The average molecular weight is 388 g/mol. The molecule has 0 bridgehead atoms. The molecule has 3 N–H and O–H groups in total. The summed E-state index contributed by atoms with van der Waals surface area (Å²) in [5.74, 6) is 0.648. The van der Waals surface area contributed by atoms with Gasteiger partial charge in [0.05, 0.1) is 16.6 Å². The summed E-state index contributed by atoms with van der Waals surface area (Å²) in [7, 11) is 0. The Morgan fingerprint density at radius 3 is 2.85 bits per heavy atom. The lowest BCUT2D eigenvalue weighted by molar-refractivity contribution is -0.128. The van der Waals surface area contributed by atoms with E-state index in [1.165, 1.54) is 0 Å². The number of nitrogens with two attached hydrogens (primary N) is 1. The first-order valence-electron chi connectivity index (χ1n) is 8.52. The van der Waals surface area contributed by atoms with Crippen LogP contribution < -0.4 is 20.5 Å². The van der Waals surface area contributed by atoms with Crippen LogP contribution >= 0.6 is 11.6 Å². The highest BCUT2D eigenvalue weighted by molar-refractivity contribution is 6.34. The molecule has 8 heteroatoms. The van der Waals surface area contributed by atoms with Crippen LogP contribution in [0.3, 0.4) is 0 Å². The number of amides is 2. The fourth-order valence-corrected chi connectivity index (χ4v) is 3.46. The largest absolute Gasteiger partial charge is 0.454 e. The van der Waals surface area contributed by atoms with Gasteiger partial charge in [0.2, 0.25) is 18.6 Å². The third-order valence-corrected chi connectivity index (χ3v) is 4.96. The predicted molar refractivity (Wildman–Crippen MR) is 101 cm³/mol. The number of carbonyl (C=O) groups excluding carboxylic acids is 2. The van der Waals surface area contributed by atoms with E-state index in [4.69, 9.17) is 26.8 Å². The molecule has 4 rings (SSSR count). The first kappa shape index (κ1) is 17.5. The molecule has 2 aromatic carbocycles. The molecule has 0 radical (unpaired) electrons. The number of halogens is 1. The lowest BCUT2D eigenvalue weighted by atomic mass is 10.1. The Kier molecular flexibility index (Phi) is 4.53. The third-order valence-electron chi connectivity index (χ3n) is 4.65. The Labute approximate surface area is 161 Å². The summed E-state index contributed by atoms with van der Waals surface area (Å²) in [5.41, 5.74) is 7.59. The monoisotopic (exact) mass is 387 g/mol. The Morgan fingerprint density at radius 2 is 2.04 bits per heavy atom. The number of carbonyl (C=O) groups is 2. The first-order valence-corrected chi connectivity index (χ1v) is 8.89. The fourth-order valence-electron chi connectivity index (χ4n) is 3.23. The van der Waals surface area contributed by atoms with E-state index in [9.17, 15) is 9.59 Å². The van der Waals surface area contributed by atoms with Gasteiger partial charge in [-0.2, -0.15) is 0 Å². The van der Waals surface area contributed by atoms with Gasteiger partial charge in [-0.1, -0.05) is 17.7 Å². The number of rotatable bonds is 4. The van der Waals surface area contributed by atoms with E-state index in [-0.39, 0.29) is 25.0 Å². The minimum Gasteiger partial charge on any atom is -0.454 e. The zero-order valence-corrected chi connectivity index (χ0v) is 15.2. The highest BCUT2D eigenvalue weighted by atomic mass is 35.5. The molecule has 1 saturated heterocycles. The maximum Gasteiger partial charge on any atom is 0.231 e. The van der Waals surface area contributed by atoms with Crippen LogP contribution in [0.2, 0.25) is 5.02 Å². The molecule has 7 nitrogen and oxygen atoms in total. The van der Waals surface area contributed by atoms with Gasteiger partial charge >= 0.3 is 0 Å². The van der Waals surface area contributed by atoms with Crippen LogP contribution in [0.4, 0.5) is 11.4 Å². The van der Waals surface area contributed by atoms with Crippen molar-refractivity contribution in [3.63, 3.8) is 0 Å². The van der Waals surface area contributed by atoms with Crippen molar-refractivity contribution < 1.29 is 19.1 Å². The number of likely N-dealkylation sites (tertiary alicyclic amines) is 1. The molecule has 0 saturated carbocycles. The van der Waals surface area contributed by atoms with E-state index in [1.54, 1.807) is 23.1 Å². The molecule has 1 atom stereocenters. The van der Waals surface area contributed by atoms with E-state index in [0.717, 1.165) is 5.56 Å². The second kappa shape index (κ2) is 7.00. The van der Waals surface area contributed by atoms with Crippen molar-refractivity contribution in [3.8, 4) is 11.5 Å². The molecule has 27 heavy (non-hydrogen) atoms. The van der Waals surface area contributed by atoms with Crippen molar-refractivity contribution in [2.45, 2.75) is 13.0 Å². The van der Waals surface area contributed by atoms with Crippen molar-refractivity contribution in [3.05, 3.63) is 47.0 Å². The van der Waals surface area contributed by atoms with Crippen LogP contribution in [-0.2, 0) is 16.1 Å². The SMILES string of the molecule is Nc1ccc(NC(=O)C2CC(=O)N(Cc3ccc4c(c3)OCO4)C2)c(Cl)c1. The van der Waals surface area contributed by atoms with Crippen molar-refractivity contribution in [1.29, 1.82) is 0 Å². The number of fused-ring (bicyclic) bond motifs is 1. The van der Waals surface area contributed by atoms with Gasteiger partial charge in [0, 0.05) is 25.2 Å². The van der Waals surface area contributed by atoms with Crippen LogP contribution in [0.1, 0.15) is 12.0 Å². The molecule has 0 aromatic heterocycles. The number of ether oxygens (including phenoxy) is 2. The molecular weight excluding hydrogens is 370 g/mol. The minimum atomic E-state index is -0.430. The summed E-state index contributed by atoms with van der Waals surface area (Å²) in [5, 5.41) is 3.14. The van der Waals surface area contributed by atoms with Gasteiger partial charge in [-0.25, -0.2) is 0 Å². The maximum atomic E-state index is 12.5. The van der Waals surface area contributed by atoms with Gasteiger partial charge in [0.15, 0.2) is 11.5 Å². The molecule has 2 aliphatic heterocycles. The highest BCUT2D eigenvalue weighted by Gasteiger charge is 2.34. The second-order valence-electron chi connectivity index (χ2n) is 6.59. The van der Waals surface area contributed by atoms with E-state index in [1.807, 2.05) is 18.2 Å². The fraction of sp³-hybridized carbons (Fsp3) is 0.263. The number of nitrogens with zero attached hydrogens (tertiary/aromatic N) is 1. The molecule has 2 aromatic rings. The smallest absolute Gasteiger partial charge is 0.231 e. The lowest BCUT2D eigenvalue weighted by Crippen LogP contribution is -2.28. The lowest BCUT2D eigenvalue weighted by Gasteiger charge is -2.17. The molecular formula is C19H18ClN3O4. The minimum absolute atomic E-state index is 0.0591. The Morgan fingerprint density at radius 1 is 1.22 bits per heavy atom. The molecule has 140 valence electrons. The number of benzene rings is 2.